The smallest absolute Gasteiger partial charge is 0.144 e. The standard InChI is InChI=1S/C10H15IO/c1-3-5-6-7-10(12,4-2)8-9-11/h2,8-9,12H,3,5-7H2,1H3/b9-8+. The van der Waals surface area contributed by atoms with Gasteiger partial charge in [-0.2, -0.15) is 0 Å². The van der Waals surface area contributed by atoms with Gasteiger partial charge in [0.05, 0.1) is 0 Å². The van der Waals surface area contributed by atoms with E-state index in [-0.39, 0.29) is 0 Å². The molecule has 0 aliphatic carbocycles. The normalized spacial score (nSPS) is 15.8. The summed E-state index contributed by atoms with van der Waals surface area (Å²) in [6.07, 6.45) is 10.8. The van der Waals surface area contributed by atoms with Crippen molar-refractivity contribution in [1.29, 1.82) is 0 Å². The average Bonchev–Trinajstić information content (AvgIpc) is 2.06. The molecule has 1 N–H and O–H groups in total. The summed E-state index contributed by atoms with van der Waals surface area (Å²) in [6.45, 7) is 2.13. The summed E-state index contributed by atoms with van der Waals surface area (Å²) in [5.74, 6) is 2.40. The van der Waals surface area contributed by atoms with Crippen LogP contribution in [0.3, 0.4) is 0 Å². The predicted molar refractivity (Wildman–Crippen MR) is 61.1 cm³/mol. The zero-order valence-electron chi connectivity index (χ0n) is 7.39. The first-order valence-corrected chi connectivity index (χ1v) is 5.41. The van der Waals surface area contributed by atoms with Crippen LogP contribution in [0.1, 0.15) is 32.6 Å². The fourth-order valence-electron chi connectivity index (χ4n) is 0.952. The molecule has 0 aromatic heterocycles. The summed E-state index contributed by atoms with van der Waals surface area (Å²) < 4.78 is 1.77. The van der Waals surface area contributed by atoms with Crippen LogP contribution in [0.15, 0.2) is 10.2 Å². The molecule has 0 aromatic carbocycles. The molecule has 0 radical (unpaired) electrons. The van der Waals surface area contributed by atoms with Crippen molar-refractivity contribution in [3.8, 4) is 12.3 Å². The molecule has 2 heteroatoms. The van der Waals surface area contributed by atoms with Gasteiger partial charge >= 0.3 is 0 Å². The molecule has 0 aliphatic rings. The zero-order chi connectivity index (χ0) is 9.45. The van der Waals surface area contributed by atoms with Crippen LogP contribution in [-0.4, -0.2) is 10.7 Å². The van der Waals surface area contributed by atoms with Crippen LogP contribution in [0.25, 0.3) is 0 Å². The first-order valence-electron chi connectivity index (χ1n) is 4.16. The third kappa shape index (κ3) is 4.78. The maximum Gasteiger partial charge on any atom is 0.144 e. The van der Waals surface area contributed by atoms with Gasteiger partial charge in [-0.25, -0.2) is 0 Å². The van der Waals surface area contributed by atoms with Gasteiger partial charge in [0.2, 0.25) is 0 Å². The maximum absolute atomic E-state index is 9.72. The Morgan fingerprint density at radius 2 is 2.25 bits per heavy atom. The van der Waals surface area contributed by atoms with E-state index >= 15 is 0 Å². The van der Waals surface area contributed by atoms with Crippen LogP contribution in [0.5, 0.6) is 0 Å². The predicted octanol–water partition coefficient (Wildman–Crippen LogP) is 2.88. The first kappa shape index (κ1) is 12.0. The van der Waals surface area contributed by atoms with Crippen LogP contribution >= 0.6 is 22.6 Å². The lowest BCUT2D eigenvalue weighted by Gasteiger charge is -2.16. The van der Waals surface area contributed by atoms with Crippen molar-refractivity contribution in [2.45, 2.75) is 38.2 Å². The Bertz CT molecular complexity index is 181. The summed E-state index contributed by atoms with van der Waals surface area (Å²) in [4.78, 5) is 0. The fraction of sp³-hybridized carbons (Fsp3) is 0.600. The summed E-state index contributed by atoms with van der Waals surface area (Å²) >= 11 is 2.06. The van der Waals surface area contributed by atoms with Gasteiger partial charge in [-0.1, -0.05) is 48.3 Å². The Kier molecular flexibility index (Phi) is 6.49. The molecule has 1 nitrogen and oxygen atoms in total. The Morgan fingerprint density at radius 3 is 2.67 bits per heavy atom. The molecule has 0 saturated carbocycles. The minimum atomic E-state index is -1.02. The number of aliphatic hydroxyl groups is 1. The van der Waals surface area contributed by atoms with Gasteiger partial charge in [-0.3, -0.25) is 0 Å². The third-order valence-electron chi connectivity index (χ3n) is 1.75. The highest BCUT2D eigenvalue weighted by atomic mass is 127. The molecule has 0 rings (SSSR count). The Balaban J connectivity index is 3.90. The van der Waals surface area contributed by atoms with Gasteiger partial charge in [0.1, 0.15) is 5.60 Å². The average molecular weight is 278 g/mol. The van der Waals surface area contributed by atoms with Gasteiger partial charge in [0.15, 0.2) is 0 Å². The minimum absolute atomic E-state index is 0.664. The summed E-state index contributed by atoms with van der Waals surface area (Å²) in [6, 6.07) is 0. The van der Waals surface area contributed by atoms with Gasteiger partial charge < -0.3 is 5.11 Å². The molecule has 0 heterocycles. The molecule has 0 aliphatic heterocycles. The number of hydrogen-bond donors (Lipinski definition) is 1. The van der Waals surface area contributed by atoms with Gasteiger partial charge in [0, 0.05) is 0 Å². The molecule has 0 saturated heterocycles. The van der Waals surface area contributed by atoms with Crippen LogP contribution in [-0.2, 0) is 0 Å². The number of hydrogen-bond acceptors (Lipinski definition) is 1. The lowest BCUT2D eigenvalue weighted by molar-refractivity contribution is 0.139. The van der Waals surface area contributed by atoms with Crippen molar-refractivity contribution >= 4 is 22.6 Å². The number of unbranched alkanes of at least 4 members (excludes halogenated alkanes) is 2. The lowest BCUT2D eigenvalue weighted by Crippen LogP contribution is -2.22. The molecule has 0 fully saturated rings. The van der Waals surface area contributed by atoms with Crippen LogP contribution in [0.4, 0.5) is 0 Å². The SMILES string of the molecule is C#CC(O)(/C=C/I)CCCCC. The quantitative estimate of drug-likeness (QED) is 0.466. The van der Waals surface area contributed by atoms with Crippen LogP contribution in [0, 0.1) is 12.3 Å². The lowest BCUT2D eigenvalue weighted by atomic mass is 9.97. The summed E-state index contributed by atoms with van der Waals surface area (Å²) in [5.41, 5.74) is -1.02. The molecule has 1 atom stereocenters. The van der Waals surface area contributed by atoms with E-state index < -0.39 is 5.60 Å². The molecule has 0 aromatic rings. The summed E-state index contributed by atoms with van der Waals surface area (Å²) in [7, 11) is 0. The molecule has 0 spiro atoms. The Hall–Kier alpha value is -0.0100. The van der Waals surface area contributed by atoms with E-state index in [0.29, 0.717) is 6.42 Å². The van der Waals surface area contributed by atoms with Crippen molar-refractivity contribution in [2.75, 3.05) is 0 Å². The highest BCUT2D eigenvalue weighted by molar-refractivity contribution is 14.1. The maximum atomic E-state index is 9.72. The Morgan fingerprint density at radius 1 is 1.58 bits per heavy atom. The summed E-state index contributed by atoms with van der Waals surface area (Å²) in [5, 5.41) is 9.72. The van der Waals surface area contributed by atoms with E-state index in [9.17, 15) is 5.11 Å². The van der Waals surface area contributed by atoms with Crippen LogP contribution < -0.4 is 0 Å². The highest BCUT2D eigenvalue weighted by Crippen LogP contribution is 2.16. The van der Waals surface area contributed by atoms with E-state index in [0.717, 1.165) is 19.3 Å². The van der Waals surface area contributed by atoms with E-state index in [4.69, 9.17) is 6.42 Å². The topological polar surface area (TPSA) is 20.2 Å². The van der Waals surface area contributed by atoms with Gasteiger partial charge in [0.25, 0.3) is 0 Å². The molecule has 0 bridgehead atoms. The number of halogens is 1. The van der Waals surface area contributed by atoms with E-state index in [1.165, 1.54) is 0 Å². The van der Waals surface area contributed by atoms with E-state index in [1.807, 2.05) is 0 Å². The third-order valence-corrected chi connectivity index (χ3v) is 2.11. The minimum Gasteiger partial charge on any atom is -0.374 e. The second-order valence-electron chi connectivity index (χ2n) is 2.82. The van der Waals surface area contributed by atoms with Crippen molar-refractivity contribution in [1.82, 2.24) is 0 Å². The van der Waals surface area contributed by atoms with Gasteiger partial charge in [-0.05, 0) is 23.0 Å². The largest absolute Gasteiger partial charge is 0.374 e. The second kappa shape index (κ2) is 6.50. The number of terminal acetylenes is 1. The van der Waals surface area contributed by atoms with Crippen molar-refractivity contribution in [2.24, 2.45) is 0 Å². The molecule has 1 unspecified atom stereocenters. The highest BCUT2D eigenvalue weighted by Gasteiger charge is 2.18. The van der Waals surface area contributed by atoms with Crippen LogP contribution in [0.2, 0.25) is 0 Å². The molecule has 12 heavy (non-hydrogen) atoms. The van der Waals surface area contributed by atoms with Crippen molar-refractivity contribution in [3.05, 3.63) is 10.2 Å². The number of rotatable bonds is 5. The van der Waals surface area contributed by atoms with E-state index in [2.05, 4.69) is 35.4 Å². The Labute approximate surface area is 88.4 Å². The molecule has 68 valence electrons. The van der Waals surface area contributed by atoms with E-state index in [1.54, 1.807) is 10.2 Å². The first-order chi connectivity index (χ1) is 5.68. The fourth-order valence-corrected chi connectivity index (χ4v) is 1.55. The monoisotopic (exact) mass is 278 g/mol. The van der Waals surface area contributed by atoms with Crippen molar-refractivity contribution in [3.63, 3.8) is 0 Å². The van der Waals surface area contributed by atoms with Crippen molar-refractivity contribution < 1.29 is 5.11 Å². The molecular formula is C10H15IO. The second-order valence-corrected chi connectivity index (χ2v) is 3.54. The van der Waals surface area contributed by atoms with Gasteiger partial charge in [-0.15, -0.1) is 6.42 Å². The molecular weight excluding hydrogens is 263 g/mol. The zero-order valence-corrected chi connectivity index (χ0v) is 9.54. The molecule has 0 amide bonds.